The molecule has 0 saturated carbocycles. The molecule has 3 heterocycles. The van der Waals surface area contributed by atoms with Gasteiger partial charge in [-0.2, -0.15) is 4.98 Å². The summed E-state index contributed by atoms with van der Waals surface area (Å²) in [6.07, 6.45) is 1.38. The van der Waals surface area contributed by atoms with Crippen LogP contribution in [0.3, 0.4) is 0 Å². The lowest BCUT2D eigenvalue weighted by Gasteiger charge is -2.25. The van der Waals surface area contributed by atoms with Gasteiger partial charge in [0.2, 0.25) is 5.82 Å². The van der Waals surface area contributed by atoms with E-state index in [-0.39, 0.29) is 35.8 Å². The van der Waals surface area contributed by atoms with Gasteiger partial charge in [0.1, 0.15) is 17.7 Å². The molecule has 2 aromatic heterocycles. The zero-order valence-electron chi connectivity index (χ0n) is 14.5. The third-order valence-corrected chi connectivity index (χ3v) is 4.69. The minimum atomic E-state index is -0.428. The minimum Gasteiger partial charge on any atom is -0.365 e. The summed E-state index contributed by atoms with van der Waals surface area (Å²) in [4.78, 5) is 8.64. The van der Waals surface area contributed by atoms with E-state index in [0.29, 0.717) is 12.2 Å². The van der Waals surface area contributed by atoms with Crippen LogP contribution in [0.2, 0.25) is 0 Å². The number of nitrogens with zero attached hydrogens (tertiary/aromatic N) is 4. The average molecular weight is 380 g/mol. The van der Waals surface area contributed by atoms with Gasteiger partial charge in [0.15, 0.2) is 5.69 Å². The van der Waals surface area contributed by atoms with Gasteiger partial charge in [0.05, 0.1) is 30.7 Å². The van der Waals surface area contributed by atoms with E-state index >= 15 is 0 Å². The Morgan fingerprint density at radius 1 is 1.07 bits per heavy atom. The fourth-order valence-electron chi connectivity index (χ4n) is 3.29. The maximum absolute atomic E-state index is 13.9. The lowest BCUT2D eigenvalue weighted by Crippen LogP contribution is -2.20. The smallest absolute Gasteiger partial charge is 0.278 e. The van der Waals surface area contributed by atoms with E-state index in [1.807, 2.05) is 10.6 Å². The number of fused-ring (bicyclic) bond motifs is 1. The SMILES string of the molecule is Fc1cccc([C@H]2Cn3cnc(-c4nc(-c5ccccc5F)no4)c3CO2)c1. The number of hydrogen-bond acceptors (Lipinski definition) is 5. The quantitative estimate of drug-likeness (QED) is 0.534. The number of benzene rings is 2. The first-order valence-corrected chi connectivity index (χ1v) is 8.69. The molecule has 0 saturated heterocycles. The van der Waals surface area contributed by atoms with Crippen LogP contribution in [0.5, 0.6) is 0 Å². The van der Waals surface area contributed by atoms with Gasteiger partial charge < -0.3 is 13.8 Å². The maximum atomic E-state index is 13.9. The monoisotopic (exact) mass is 380 g/mol. The Hall–Kier alpha value is -3.39. The van der Waals surface area contributed by atoms with Crippen molar-refractivity contribution >= 4 is 0 Å². The largest absolute Gasteiger partial charge is 0.365 e. The van der Waals surface area contributed by atoms with E-state index < -0.39 is 5.82 Å². The summed E-state index contributed by atoms with van der Waals surface area (Å²) >= 11 is 0. The second-order valence-corrected chi connectivity index (χ2v) is 6.45. The number of ether oxygens (including phenoxy) is 1. The number of imidazole rings is 1. The first-order valence-electron chi connectivity index (χ1n) is 8.69. The third-order valence-electron chi connectivity index (χ3n) is 4.69. The van der Waals surface area contributed by atoms with Crippen LogP contribution in [0, 0.1) is 11.6 Å². The molecule has 1 aliphatic heterocycles. The summed E-state index contributed by atoms with van der Waals surface area (Å²) in [5.74, 6) is -0.378. The number of aromatic nitrogens is 4. The van der Waals surface area contributed by atoms with E-state index in [9.17, 15) is 8.78 Å². The van der Waals surface area contributed by atoms with Crippen LogP contribution >= 0.6 is 0 Å². The lowest BCUT2D eigenvalue weighted by molar-refractivity contribution is 0.00314. The maximum Gasteiger partial charge on any atom is 0.278 e. The number of halogens is 2. The van der Waals surface area contributed by atoms with Crippen molar-refractivity contribution in [3.05, 3.63) is 77.8 Å². The Labute approximate surface area is 158 Å². The zero-order chi connectivity index (χ0) is 19.1. The summed E-state index contributed by atoms with van der Waals surface area (Å²) in [7, 11) is 0. The van der Waals surface area contributed by atoms with Crippen molar-refractivity contribution in [2.75, 3.05) is 0 Å². The molecule has 0 aliphatic carbocycles. The van der Waals surface area contributed by atoms with Crippen LogP contribution in [0.1, 0.15) is 17.4 Å². The van der Waals surface area contributed by atoms with Gasteiger partial charge in [-0.25, -0.2) is 13.8 Å². The summed E-state index contributed by atoms with van der Waals surface area (Å²) in [5, 5.41) is 3.87. The number of hydrogen-bond donors (Lipinski definition) is 0. The summed E-state index contributed by atoms with van der Waals surface area (Å²) < 4.78 is 40.6. The van der Waals surface area contributed by atoms with Gasteiger partial charge in [-0.3, -0.25) is 0 Å². The molecule has 2 aromatic carbocycles. The highest BCUT2D eigenvalue weighted by Gasteiger charge is 2.27. The summed E-state index contributed by atoms with van der Waals surface area (Å²) in [6.45, 7) is 0.744. The highest BCUT2D eigenvalue weighted by Crippen LogP contribution is 2.32. The average Bonchev–Trinajstić information content (AvgIpc) is 3.34. The second-order valence-electron chi connectivity index (χ2n) is 6.45. The Morgan fingerprint density at radius 2 is 1.96 bits per heavy atom. The molecule has 6 nitrogen and oxygen atoms in total. The Kier molecular flexibility index (Phi) is 3.98. The van der Waals surface area contributed by atoms with E-state index in [1.165, 1.54) is 18.2 Å². The molecule has 28 heavy (non-hydrogen) atoms. The molecule has 0 N–H and O–H groups in total. The fourth-order valence-corrected chi connectivity index (χ4v) is 3.29. The molecule has 5 rings (SSSR count). The van der Waals surface area contributed by atoms with Crippen molar-refractivity contribution in [3.8, 4) is 23.0 Å². The van der Waals surface area contributed by atoms with Gasteiger partial charge in [0.25, 0.3) is 5.89 Å². The normalized spacial score (nSPS) is 16.1. The molecular weight excluding hydrogens is 366 g/mol. The molecule has 140 valence electrons. The van der Waals surface area contributed by atoms with Crippen LogP contribution in [0.25, 0.3) is 23.0 Å². The second kappa shape index (κ2) is 6.65. The van der Waals surface area contributed by atoms with Gasteiger partial charge in [0, 0.05) is 0 Å². The standard InChI is InChI=1S/C20H14F2N4O2/c21-13-5-3-4-12(8-13)17-9-26-11-23-18(16(26)10-27-17)20-24-19(25-28-20)14-6-1-2-7-15(14)22/h1-8,11,17H,9-10H2/t17-/m1/s1. The number of rotatable bonds is 3. The molecule has 0 fully saturated rings. The van der Waals surface area contributed by atoms with Crippen LogP contribution in [0.15, 0.2) is 59.4 Å². The first-order chi connectivity index (χ1) is 13.7. The van der Waals surface area contributed by atoms with Crippen molar-refractivity contribution in [1.29, 1.82) is 0 Å². The van der Waals surface area contributed by atoms with Crippen LogP contribution in [0.4, 0.5) is 8.78 Å². The Bertz CT molecular complexity index is 1150. The van der Waals surface area contributed by atoms with Crippen molar-refractivity contribution in [2.24, 2.45) is 0 Å². The molecule has 0 amide bonds. The molecule has 0 unspecified atom stereocenters. The van der Waals surface area contributed by atoms with Crippen molar-refractivity contribution in [3.63, 3.8) is 0 Å². The van der Waals surface area contributed by atoms with E-state index in [4.69, 9.17) is 9.26 Å². The molecule has 0 spiro atoms. The topological polar surface area (TPSA) is 66.0 Å². The molecule has 1 atom stereocenters. The van der Waals surface area contributed by atoms with Crippen molar-refractivity contribution in [2.45, 2.75) is 19.3 Å². The van der Waals surface area contributed by atoms with Gasteiger partial charge >= 0.3 is 0 Å². The molecule has 0 radical (unpaired) electrons. The minimum absolute atomic E-state index is 0.157. The van der Waals surface area contributed by atoms with Gasteiger partial charge in [-0.1, -0.05) is 29.4 Å². The molecule has 1 aliphatic rings. The third kappa shape index (κ3) is 2.87. The molecular formula is C20H14F2N4O2. The van der Waals surface area contributed by atoms with Crippen LogP contribution < -0.4 is 0 Å². The van der Waals surface area contributed by atoms with Gasteiger partial charge in [-0.05, 0) is 29.8 Å². The van der Waals surface area contributed by atoms with Crippen molar-refractivity contribution in [1.82, 2.24) is 19.7 Å². The van der Waals surface area contributed by atoms with E-state index in [1.54, 1.807) is 30.6 Å². The van der Waals surface area contributed by atoms with Crippen LogP contribution in [-0.4, -0.2) is 19.7 Å². The summed E-state index contributed by atoms with van der Waals surface area (Å²) in [6, 6.07) is 12.6. The molecule has 8 heteroatoms. The van der Waals surface area contributed by atoms with E-state index in [2.05, 4.69) is 15.1 Å². The predicted molar refractivity (Wildman–Crippen MR) is 94.8 cm³/mol. The van der Waals surface area contributed by atoms with Crippen LogP contribution in [-0.2, 0) is 17.9 Å². The molecule has 0 bridgehead atoms. The summed E-state index contributed by atoms with van der Waals surface area (Å²) in [5.41, 5.74) is 2.29. The zero-order valence-corrected chi connectivity index (χ0v) is 14.5. The van der Waals surface area contributed by atoms with Gasteiger partial charge in [-0.15, -0.1) is 0 Å². The highest BCUT2D eigenvalue weighted by molar-refractivity contribution is 5.59. The lowest BCUT2D eigenvalue weighted by atomic mass is 10.1. The fraction of sp³-hybridized carbons (Fsp3) is 0.150. The Balaban J connectivity index is 1.44. The van der Waals surface area contributed by atoms with Crippen molar-refractivity contribution < 1.29 is 18.0 Å². The first kappa shape index (κ1) is 16.8. The molecule has 4 aromatic rings. The van der Waals surface area contributed by atoms with E-state index in [0.717, 1.165) is 11.3 Å². The predicted octanol–water partition coefficient (Wildman–Crippen LogP) is 4.15. The highest BCUT2D eigenvalue weighted by atomic mass is 19.1. The Morgan fingerprint density at radius 3 is 2.82 bits per heavy atom.